The van der Waals surface area contributed by atoms with Gasteiger partial charge in [0, 0.05) is 12.7 Å². The number of pyridine rings is 1. The van der Waals surface area contributed by atoms with Crippen molar-refractivity contribution in [3.63, 3.8) is 0 Å². The summed E-state index contributed by atoms with van der Waals surface area (Å²) in [5, 5.41) is 8.87. The Kier molecular flexibility index (Phi) is 5.10. The van der Waals surface area contributed by atoms with Crippen LogP contribution >= 0.6 is 0 Å². The number of nitrogens with zero attached hydrogens (tertiary/aromatic N) is 2. The van der Waals surface area contributed by atoms with Gasteiger partial charge in [0.25, 0.3) is 0 Å². The molecule has 0 aliphatic rings. The molecule has 0 amide bonds. The Morgan fingerprint density at radius 1 is 1.50 bits per heavy atom. The fourth-order valence-corrected chi connectivity index (χ4v) is 1.61. The molecule has 1 aromatic heterocycles. The lowest BCUT2D eigenvalue weighted by Gasteiger charge is -2.22. The van der Waals surface area contributed by atoms with Crippen LogP contribution in [-0.4, -0.2) is 42.2 Å². The van der Waals surface area contributed by atoms with Crippen LogP contribution < -0.4 is 4.90 Å². The van der Waals surface area contributed by atoms with Gasteiger partial charge in [0.05, 0.1) is 7.11 Å². The van der Waals surface area contributed by atoms with E-state index in [2.05, 4.69) is 9.72 Å². The van der Waals surface area contributed by atoms with Crippen molar-refractivity contribution in [1.82, 2.24) is 4.98 Å². The van der Waals surface area contributed by atoms with E-state index >= 15 is 0 Å². The SMILES string of the molecule is CCCN(CC(=O)O)c1ncccc1C(=O)OC. The highest BCUT2D eigenvalue weighted by molar-refractivity contribution is 5.95. The van der Waals surface area contributed by atoms with E-state index in [0.717, 1.165) is 6.42 Å². The first-order valence-corrected chi connectivity index (χ1v) is 5.60. The van der Waals surface area contributed by atoms with Crippen LogP contribution in [0.15, 0.2) is 18.3 Å². The second-order valence-electron chi connectivity index (χ2n) is 3.68. The molecule has 1 heterocycles. The standard InChI is InChI=1S/C12H16N2O4/c1-3-7-14(8-10(15)16)11-9(12(17)18-2)5-4-6-13-11/h4-6H,3,7-8H2,1-2H3,(H,15,16). The predicted molar refractivity (Wildman–Crippen MR) is 65.7 cm³/mol. The van der Waals surface area contributed by atoms with Crippen LogP contribution in [0.4, 0.5) is 5.82 Å². The van der Waals surface area contributed by atoms with Crippen LogP contribution in [0, 0.1) is 0 Å². The molecule has 0 radical (unpaired) electrons. The summed E-state index contributed by atoms with van der Waals surface area (Å²) in [6, 6.07) is 3.18. The van der Waals surface area contributed by atoms with Gasteiger partial charge in [-0.25, -0.2) is 9.78 Å². The molecule has 98 valence electrons. The number of esters is 1. The van der Waals surface area contributed by atoms with E-state index < -0.39 is 11.9 Å². The number of aromatic nitrogens is 1. The van der Waals surface area contributed by atoms with E-state index in [4.69, 9.17) is 5.11 Å². The summed E-state index contributed by atoms with van der Waals surface area (Å²) in [6.07, 6.45) is 2.27. The first-order valence-electron chi connectivity index (χ1n) is 5.60. The quantitative estimate of drug-likeness (QED) is 0.765. The third kappa shape index (κ3) is 3.44. The number of carbonyl (C=O) groups excluding carboxylic acids is 1. The molecule has 0 aromatic carbocycles. The number of carbonyl (C=O) groups is 2. The van der Waals surface area contributed by atoms with E-state index in [1.807, 2.05) is 6.92 Å². The maximum absolute atomic E-state index is 11.6. The number of aliphatic carboxylic acids is 1. The molecular formula is C12H16N2O4. The topological polar surface area (TPSA) is 79.7 Å². The second kappa shape index (κ2) is 6.58. The van der Waals surface area contributed by atoms with Crippen LogP contribution in [0.25, 0.3) is 0 Å². The lowest BCUT2D eigenvalue weighted by molar-refractivity contribution is -0.135. The van der Waals surface area contributed by atoms with Crippen molar-refractivity contribution in [3.05, 3.63) is 23.9 Å². The molecule has 0 saturated heterocycles. The molecular weight excluding hydrogens is 236 g/mol. The third-order valence-corrected chi connectivity index (χ3v) is 2.31. The van der Waals surface area contributed by atoms with Gasteiger partial charge in [-0.15, -0.1) is 0 Å². The smallest absolute Gasteiger partial charge is 0.341 e. The number of carboxylic acid groups (broad SMARTS) is 1. The molecule has 6 nitrogen and oxygen atoms in total. The van der Waals surface area contributed by atoms with Crippen LogP contribution in [0.3, 0.4) is 0 Å². The van der Waals surface area contributed by atoms with E-state index in [-0.39, 0.29) is 12.1 Å². The minimum atomic E-state index is -0.968. The molecule has 18 heavy (non-hydrogen) atoms. The summed E-state index contributed by atoms with van der Waals surface area (Å²) in [6.45, 7) is 2.23. The maximum Gasteiger partial charge on any atom is 0.341 e. The molecule has 0 saturated carbocycles. The van der Waals surface area contributed by atoms with Gasteiger partial charge in [0.1, 0.15) is 17.9 Å². The van der Waals surface area contributed by atoms with Crippen molar-refractivity contribution in [2.24, 2.45) is 0 Å². The molecule has 6 heteroatoms. The van der Waals surface area contributed by atoms with Gasteiger partial charge >= 0.3 is 11.9 Å². The van der Waals surface area contributed by atoms with Gasteiger partial charge in [0.2, 0.25) is 0 Å². The Morgan fingerprint density at radius 3 is 2.78 bits per heavy atom. The minimum Gasteiger partial charge on any atom is -0.480 e. The van der Waals surface area contributed by atoms with Crippen molar-refractivity contribution in [3.8, 4) is 0 Å². The zero-order valence-electron chi connectivity index (χ0n) is 10.4. The number of ether oxygens (including phenoxy) is 1. The number of methoxy groups -OCH3 is 1. The Bertz CT molecular complexity index is 434. The molecule has 1 N–H and O–H groups in total. The fraction of sp³-hybridized carbons (Fsp3) is 0.417. The second-order valence-corrected chi connectivity index (χ2v) is 3.68. The Hall–Kier alpha value is -2.11. The molecule has 1 aromatic rings. The average Bonchev–Trinajstić information content (AvgIpc) is 2.37. The number of hydrogen-bond acceptors (Lipinski definition) is 5. The first-order chi connectivity index (χ1) is 8.60. The summed E-state index contributed by atoms with van der Waals surface area (Å²) >= 11 is 0. The van der Waals surface area contributed by atoms with Gasteiger partial charge in [-0.05, 0) is 18.6 Å². The summed E-state index contributed by atoms with van der Waals surface area (Å²) in [5.74, 6) is -1.15. The molecule has 0 aliphatic heterocycles. The van der Waals surface area contributed by atoms with Crippen molar-refractivity contribution in [2.45, 2.75) is 13.3 Å². The molecule has 0 bridgehead atoms. The molecule has 1 rings (SSSR count). The van der Waals surface area contributed by atoms with Gasteiger partial charge < -0.3 is 14.7 Å². The lowest BCUT2D eigenvalue weighted by atomic mass is 10.2. The number of rotatable bonds is 6. The normalized spacial score (nSPS) is 9.89. The Morgan fingerprint density at radius 2 is 2.22 bits per heavy atom. The molecule has 0 aliphatic carbocycles. The highest BCUT2D eigenvalue weighted by Gasteiger charge is 2.19. The monoisotopic (exact) mass is 252 g/mol. The van der Waals surface area contributed by atoms with Gasteiger partial charge in [-0.3, -0.25) is 4.79 Å². The summed E-state index contributed by atoms with van der Waals surface area (Å²) < 4.78 is 4.66. The van der Waals surface area contributed by atoms with Gasteiger partial charge in [-0.2, -0.15) is 0 Å². The van der Waals surface area contributed by atoms with Crippen molar-refractivity contribution >= 4 is 17.8 Å². The van der Waals surface area contributed by atoms with Gasteiger partial charge in [-0.1, -0.05) is 6.92 Å². The van der Waals surface area contributed by atoms with Crippen molar-refractivity contribution in [1.29, 1.82) is 0 Å². The van der Waals surface area contributed by atoms with Gasteiger partial charge in [0.15, 0.2) is 0 Å². The average molecular weight is 252 g/mol. The van der Waals surface area contributed by atoms with E-state index in [1.165, 1.54) is 13.3 Å². The third-order valence-electron chi connectivity index (χ3n) is 2.31. The zero-order valence-corrected chi connectivity index (χ0v) is 10.4. The largest absolute Gasteiger partial charge is 0.480 e. The summed E-state index contributed by atoms with van der Waals surface area (Å²) in [5.41, 5.74) is 0.273. The molecule has 0 atom stereocenters. The summed E-state index contributed by atoms with van der Waals surface area (Å²) in [7, 11) is 1.28. The molecule has 0 fully saturated rings. The zero-order chi connectivity index (χ0) is 13.5. The number of anilines is 1. The fourth-order valence-electron chi connectivity index (χ4n) is 1.61. The highest BCUT2D eigenvalue weighted by atomic mass is 16.5. The minimum absolute atomic E-state index is 0.200. The molecule has 0 spiro atoms. The number of carboxylic acids is 1. The first kappa shape index (κ1) is 14.0. The lowest BCUT2D eigenvalue weighted by Crippen LogP contribution is -2.32. The van der Waals surface area contributed by atoms with E-state index in [0.29, 0.717) is 12.4 Å². The van der Waals surface area contributed by atoms with Crippen molar-refractivity contribution < 1.29 is 19.4 Å². The van der Waals surface area contributed by atoms with Crippen LogP contribution in [-0.2, 0) is 9.53 Å². The maximum atomic E-state index is 11.6. The number of hydrogen-bond donors (Lipinski definition) is 1. The van der Waals surface area contributed by atoms with Crippen LogP contribution in [0.5, 0.6) is 0 Å². The summed E-state index contributed by atoms with van der Waals surface area (Å²) in [4.78, 5) is 28.0. The molecule has 0 unspecified atom stereocenters. The van der Waals surface area contributed by atoms with Crippen molar-refractivity contribution in [2.75, 3.05) is 25.1 Å². The van der Waals surface area contributed by atoms with Crippen LogP contribution in [0.1, 0.15) is 23.7 Å². The van der Waals surface area contributed by atoms with E-state index in [1.54, 1.807) is 17.0 Å². The van der Waals surface area contributed by atoms with E-state index in [9.17, 15) is 9.59 Å². The highest BCUT2D eigenvalue weighted by Crippen LogP contribution is 2.18. The van der Waals surface area contributed by atoms with Crippen LogP contribution in [0.2, 0.25) is 0 Å². The Balaban J connectivity index is 3.10. The predicted octanol–water partition coefficient (Wildman–Crippen LogP) is 1.17. The Labute approximate surface area is 105 Å².